The van der Waals surface area contributed by atoms with E-state index in [1.165, 1.54) is 11.1 Å². The van der Waals surface area contributed by atoms with Gasteiger partial charge in [-0.3, -0.25) is 4.79 Å². The topological polar surface area (TPSA) is 26.3 Å². The van der Waals surface area contributed by atoms with Crippen LogP contribution in [0.5, 0.6) is 5.75 Å². The normalized spacial score (nSPS) is 28.3. The molecule has 1 unspecified atom stereocenters. The number of rotatable bonds is 0. The van der Waals surface area contributed by atoms with Crippen molar-refractivity contribution in [3.8, 4) is 5.75 Å². The van der Waals surface area contributed by atoms with Crippen LogP contribution in [0.2, 0.25) is 0 Å². The summed E-state index contributed by atoms with van der Waals surface area (Å²) in [6, 6.07) is 7.61. The van der Waals surface area contributed by atoms with Crippen molar-refractivity contribution in [2.75, 3.05) is 5.75 Å². The fourth-order valence-electron chi connectivity index (χ4n) is 3.05. The van der Waals surface area contributed by atoms with E-state index in [4.69, 9.17) is 4.74 Å². The number of carbonyl (C=O) groups excluding carboxylic acids is 1. The Hall–Kier alpha value is -1.22. The number of para-hydroxylation sites is 1. The van der Waals surface area contributed by atoms with Gasteiger partial charge in [0.05, 0.1) is 5.56 Å². The number of benzene rings is 1. The van der Waals surface area contributed by atoms with Gasteiger partial charge in [0.2, 0.25) is 0 Å². The van der Waals surface area contributed by atoms with E-state index in [0.717, 1.165) is 23.5 Å². The number of hydrogen-bond acceptors (Lipinski definition) is 3. The van der Waals surface area contributed by atoms with Crippen LogP contribution in [0.1, 0.15) is 44.5 Å². The van der Waals surface area contributed by atoms with Crippen molar-refractivity contribution >= 4 is 17.5 Å². The molecule has 1 aromatic rings. The van der Waals surface area contributed by atoms with Crippen LogP contribution in [0.15, 0.2) is 35.4 Å². The zero-order valence-corrected chi connectivity index (χ0v) is 13.3. The Kier molecular flexibility index (Phi) is 3.02. The van der Waals surface area contributed by atoms with Crippen LogP contribution in [0.4, 0.5) is 0 Å². The van der Waals surface area contributed by atoms with Gasteiger partial charge in [-0.15, -0.1) is 11.8 Å². The Bertz CT molecular complexity index is 615. The molecule has 1 spiro atoms. The second-order valence-corrected chi connectivity index (χ2v) is 7.57. The van der Waals surface area contributed by atoms with Crippen molar-refractivity contribution in [2.24, 2.45) is 0 Å². The summed E-state index contributed by atoms with van der Waals surface area (Å²) in [6.07, 6.45) is 0.781. The Morgan fingerprint density at radius 1 is 1.15 bits per heavy atom. The number of hydrogen-bond donors (Lipinski definition) is 0. The largest absolute Gasteiger partial charge is 0.485 e. The highest BCUT2D eigenvalue weighted by atomic mass is 32.2. The van der Waals surface area contributed by atoms with Crippen molar-refractivity contribution in [3.63, 3.8) is 0 Å². The molecule has 3 rings (SSSR count). The SMILES string of the molecule is CC1=C(C)CC2(SC1)C(=O)c1ccccc1OC2(C)C. The number of allylic oxidation sites excluding steroid dienone is 1. The molecule has 2 aliphatic heterocycles. The minimum absolute atomic E-state index is 0.223. The maximum absolute atomic E-state index is 13.1. The molecular formula is C17H20O2S. The van der Waals surface area contributed by atoms with Gasteiger partial charge in [-0.1, -0.05) is 23.3 Å². The molecule has 3 heteroatoms. The summed E-state index contributed by atoms with van der Waals surface area (Å²) >= 11 is 1.74. The molecule has 2 heterocycles. The molecule has 0 N–H and O–H groups in total. The molecule has 106 valence electrons. The van der Waals surface area contributed by atoms with E-state index in [0.29, 0.717) is 0 Å². The lowest BCUT2D eigenvalue weighted by Gasteiger charge is -2.50. The summed E-state index contributed by atoms with van der Waals surface area (Å²) < 4.78 is 5.71. The summed E-state index contributed by atoms with van der Waals surface area (Å²) in [4.78, 5) is 13.1. The molecule has 0 aliphatic carbocycles. The van der Waals surface area contributed by atoms with Gasteiger partial charge < -0.3 is 4.74 Å². The van der Waals surface area contributed by atoms with Gasteiger partial charge in [0.25, 0.3) is 0 Å². The lowest BCUT2D eigenvalue weighted by molar-refractivity contribution is 0.0388. The molecule has 1 atom stereocenters. The zero-order chi connectivity index (χ0) is 14.5. The van der Waals surface area contributed by atoms with Gasteiger partial charge in [0, 0.05) is 5.75 Å². The third kappa shape index (κ3) is 1.76. The monoisotopic (exact) mass is 288 g/mol. The van der Waals surface area contributed by atoms with Crippen LogP contribution in [-0.4, -0.2) is 21.9 Å². The Labute approximate surface area is 124 Å². The predicted molar refractivity (Wildman–Crippen MR) is 83.7 cm³/mol. The number of thioether (sulfide) groups is 1. The molecule has 0 radical (unpaired) electrons. The summed E-state index contributed by atoms with van der Waals surface area (Å²) in [5, 5.41) is 0. The van der Waals surface area contributed by atoms with E-state index in [1.807, 2.05) is 38.1 Å². The number of carbonyl (C=O) groups is 1. The lowest BCUT2D eigenvalue weighted by atomic mass is 9.76. The van der Waals surface area contributed by atoms with Gasteiger partial charge in [-0.2, -0.15) is 0 Å². The van der Waals surface area contributed by atoms with Gasteiger partial charge in [0.15, 0.2) is 5.78 Å². The summed E-state index contributed by atoms with van der Waals surface area (Å²) in [5.41, 5.74) is 2.95. The van der Waals surface area contributed by atoms with E-state index in [-0.39, 0.29) is 5.78 Å². The first-order chi connectivity index (χ1) is 9.37. The van der Waals surface area contributed by atoms with Crippen molar-refractivity contribution in [2.45, 2.75) is 44.5 Å². The van der Waals surface area contributed by atoms with Crippen molar-refractivity contribution < 1.29 is 9.53 Å². The second-order valence-electron chi connectivity index (χ2n) is 6.29. The van der Waals surface area contributed by atoms with Crippen LogP contribution in [0, 0.1) is 0 Å². The third-order valence-corrected chi connectivity index (χ3v) is 6.51. The molecule has 0 amide bonds. The summed E-state index contributed by atoms with van der Waals surface area (Å²) in [6.45, 7) is 8.38. The zero-order valence-electron chi connectivity index (χ0n) is 12.4. The number of ether oxygens (including phenoxy) is 1. The molecule has 2 nitrogen and oxygen atoms in total. The van der Waals surface area contributed by atoms with Gasteiger partial charge >= 0.3 is 0 Å². The quantitative estimate of drug-likeness (QED) is 0.667. The molecule has 2 aliphatic rings. The molecule has 0 fully saturated rings. The van der Waals surface area contributed by atoms with E-state index >= 15 is 0 Å². The van der Waals surface area contributed by atoms with Crippen molar-refractivity contribution in [3.05, 3.63) is 41.0 Å². The minimum Gasteiger partial charge on any atom is -0.485 e. The number of ketones is 1. The second kappa shape index (κ2) is 4.39. The van der Waals surface area contributed by atoms with Crippen LogP contribution >= 0.6 is 11.8 Å². The fraction of sp³-hybridized carbons (Fsp3) is 0.471. The van der Waals surface area contributed by atoms with E-state index in [1.54, 1.807) is 11.8 Å². The summed E-state index contributed by atoms with van der Waals surface area (Å²) in [7, 11) is 0. The van der Waals surface area contributed by atoms with E-state index in [9.17, 15) is 4.79 Å². The van der Waals surface area contributed by atoms with Gasteiger partial charge in [-0.25, -0.2) is 0 Å². The first kappa shape index (κ1) is 13.7. The molecule has 0 aromatic heterocycles. The first-order valence-electron chi connectivity index (χ1n) is 6.99. The Balaban J connectivity index is 2.15. The molecule has 1 aromatic carbocycles. The van der Waals surface area contributed by atoms with Crippen molar-refractivity contribution in [1.82, 2.24) is 0 Å². The van der Waals surface area contributed by atoms with Gasteiger partial charge in [0.1, 0.15) is 16.1 Å². The van der Waals surface area contributed by atoms with Crippen LogP contribution in [0.25, 0.3) is 0 Å². The summed E-state index contributed by atoms with van der Waals surface area (Å²) in [5.74, 6) is 1.85. The molecule has 0 saturated carbocycles. The highest BCUT2D eigenvalue weighted by molar-refractivity contribution is 8.01. The van der Waals surface area contributed by atoms with E-state index in [2.05, 4.69) is 13.8 Å². The third-order valence-electron chi connectivity index (χ3n) is 4.61. The van der Waals surface area contributed by atoms with Crippen LogP contribution in [-0.2, 0) is 0 Å². The van der Waals surface area contributed by atoms with Gasteiger partial charge in [-0.05, 0) is 46.2 Å². The average Bonchev–Trinajstić information content (AvgIpc) is 2.40. The average molecular weight is 288 g/mol. The molecule has 20 heavy (non-hydrogen) atoms. The first-order valence-corrected chi connectivity index (χ1v) is 7.98. The highest BCUT2D eigenvalue weighted by Crippen LogP contribution is 2.53. The lowest BCUT2D eigenvalue weighted by Crippen LogP contribution is -2.60. The predicted octanol–water partition coefficient (Wildman–Crippen LogP) is 4.25. The Morgan fingerprint density at radius 3 is 2.55 bits per heavy atom. The molecule has 0 bridgehead atoms. The van der Waals surface area contributed by atoms with Crippen LogP contribution < -0.4 is 4.74 Å². The molecule has 0 saturated heterocycles. The maximum Gasteiger partial charge on any atom is 0.186 e. The van der Waals surface area contributed by atoms with E-state index < -0.39 is 10.3 Å². The molecular weight excluding hydrogens is 268 g/mol. The smallest absolute Gasteiger partial charge is 0.186 e. The van der Waals surface area contributed by atoms with Crippen LogP contribution in [0.3, 0.4) is 0 Å². The standard InChI is InChI=1S/C17H20O2S/c1-11-9-17(20-10-12(11)2)15(18)13-7-5-6-8-14(13)19-16(17,3)4/h5-8H,9-10H2,1-4H3. The minimum atomic E-state index is -0.495. The highest BCUT2D eigenvalue weighted by Gasteiger charge is 2.57. The Morgan fingerprint density at radius 2 is 1.85 bits per heavy atom. The number of fused-ring (bicyclic) bond motifs is 1. The maximum atomic E-state index is 13.1. The fourth-order valence-corrected chi connectivity index (χ4v) is 4.71. The number of Topliss-reactive ketones (excluding diaryl/α,β-unsaturated/α-hetero) is 1. The van der Waals surface area contributed by atoms with Crippen molar-refractivity contribution in [1.29, 1.82) is 0 Å².